The number of methoxy groups -OCH3 is 1. The highest BCUT2D eigenvalue weighted by Gasteiger charge is 2.39. The van der Waals surface area contributed by atoms with Crippen LogP contribution in [0.2, 0.25) is 5.02 Å². The highest BCUT2D eigenvalue weighted by molar-refractivity contribution is 6.32. The van der Waals surface area contributed by atoms with Crippen molar-refractivity contribution >= 4 is 46.8 Å². The van der Waals surface area contributed by atoms with E-state index < -0.39 is 11.9 Å². The molecule has 0 bridgehead atoms. The van der Waals surface area contributed by atoms with E-state index in [-0.39, 0.29) is 55.3 Å². The summed E-state index contributed by atoms with van der Waals surface area (Å²) in [4.78, 5) is 67.6. The van der Waals surface area contributed by atoms with Crippen molar-refractivity contribution in [2.24, 2.45) is 0 Å². The Morgan fingerprint density at radius 3 is 2.58 bits per heavy atom. The number of carbonyl (C=O) groups is 5. The Balaban J connectivity index is 0.753. The molecule has 314 valence electrons. The molecule has 4 aromatic rings. The van der Waals surface area contributed by atoms with Gasteiger partial charge in [-0.25, -0.2) is 9.67 Å². The minimum absolute atomic E-state index is 0.0113. The minimum Gasteiger partial charge on any atom is -0.495 e. The van der Waals surface area contributed by atoms with Crippen molar-refractivity contribution < 1.29 is 47.3 Å². The molecule has 0 aliphatic carbocycles. The fraction of sp³-hybridized carbons (Fsp3) is 0.436. The summed E-state index contributed by atoms with van der Waals surface area (Å²) in [5.41, 5.74) is 3.38. The lowest BCUT2D eigenvalue weighted by Crippen LogP contribution is -2.52. The van der Waals surface area contributed by atoms with Crippen molar-refractivity contribution in [3.05, 3.63) is 76.5 Å². The third-order valence-electron chi connectivity index (χ3n) is 9.48. The van der Waals surface area contributed by atoms with Crippen molar-refractivity contribution in [1.82, 2.24) is 40.8 Å². The Labute approximate surface area is 344 Å². The monoisotopic (exact) mass is 835 g/mol. The Hall–Kier alpha value is -5.89. The molecule has 4 N–H and O–H groups in total. The van der Waals surface area contributed by atoms with Gasteiger partial charge < -0.3 is 44.2 Å². The number of carbonyl (C=O) groups excluding carboxylic acids is 5. The van der Waals surface area contributed by atoms with Gasteiger partial charge in [0.15, 0.2) is 17.8 Å². The molecule has 0 radical (unpaired) electrons. The molecule has 59 heavy (non-hydrogen) atoms. The van der Waals surface area contributed by atoms with E-state index in [1.54, 1.807) is 41.1 Å². The van der Waals surface area contributed by atoms with Crippen LogP contribution in [0.5, 0.6) is 5.75 Å². The van der Waals surface area contributed by atoms with Crippen LogP contribution in [0.4, 0.5) is 5.69 Å². The maximum absolute atomic E-state index is 13.0. The molecular weight excluding hydrogens is 790 g/mol. The summed E-state index contributed by atoms with van der Waals surface area (Å²) < 4.78 is 29.1. The van der Waals surface area contributed by atoms with Gasteiger partial charge in [-0.15, -0.1) is 5.10 Å². The minimum atomic E-state index is -0.709. The van der Waals surface area contributed by atoms with Crippen LogP contribution in [0.15, 0.2) is 53.4 Å². The number of rotatable bonds is 23. The topological polar surface area (TPSA) is 230 Å². The Kier molecular flexibility index (Phi) is 15.4. The summed E-state index contributed by atoms with van der Waals surface area (Å²) in [7, 11) is 1.52. The summed E-state index contributed by atoms with van der Waals surface area (Å²) in [5.74, 6) is -0.859. The number of piperidine rings is 1. The number of hydrogen-bond acceptors (Lipinski definition) is 14. The molecule has 1 fully saturated rings. The maximum Gasteiger partial charge on any atom is 0.273 e. The Morgan fingerprint density at radius 2 is 1.80 bits per heavy atom. The van der Waals surface area contributed by atoms with Crippen molar-refractivity contribution in [2.45, 2.75) is 44.8 Å². The average Bonchev–Trinajstić information content (AvgIpc) is 3.99. The number of nitrogens with one attached hydrogen (secondary N) is 4. The average molecular weight is 836 g/mol. The van der Waals surface area contributed by atoms with E-state index in [0.29, 0.717) is 111 Å². The molecule has 5 amide bonds. The molecule has 6 rings (SSSR count). The van der Waals surface area contributed by atoms with Crippen LogP contribution < -0.4 is 26.0 Å². The molecule has 4 heterocycles. The molecule has 2 aromatic heterocycles. The molecule has 0 spiro atoms. The molecule has 2 aliphatic heterocycles. The van der Waals surface area contributed by atoms with Gasteiger partial charge in [-0.3, -0.25) is 29.3 Å². The first-order chi connectivity index (χ1) is 28.7. The number of halogens is 1. The van der Waals surface area contributed by atoms with Gasteiger partial charge in [0.25, 0.3) is 11.8 Å². The number of imide groups is 1. The first kappa shape index (κ1) is 42.7. The highest BCUT2D eigenvalue weighted by Crippen LogP contribution is 2.33. The van der Waals surface area contributed by atoms with E-state index in [2.05, 4.69) is 36.6 Å². The number of aromatic nitrogens is 4. The van der Waals surface area contributed by atoms with Crippen molar-refractivity contribution in [2.75, 3.05) is 71.7 Å². The molecule has 2 aromatic carbocycles. The first-order valence-corrected chi connectivity index (χ1v) is 19.5. The largest absolute Gasteiger partial charge is 0.495 e. The van der Waals surface area contributed by atoms with Gasteiger partial charge in [0.05, 0.1) is 70.6 Å². The molecule has 2 aliphatic rings. The summed E-state index contributed by atoms with van der Waals surface area (Å²) in [6.07, 6.45) is 4.79. The zero-order chi connectivity index (χ0) is 41.6. The van der Waals surface area contributed by atoms with E-state index >= 15 is 0 Å². The molecular formula is C39H46ClN9O10. The summed E-state index contributed by atoms with van der Waals surface area (Å²) in [6, 6.07) is 9.57. The van der Waals surface area contributed by atoms with Gasteiger partial charge in [0, 0.05) is 54.6 Å². The maximum atomic E-state index is 13.0. The van der Waals surface area contributed by atoms with Gasteiger partial charge >= 0.3 is 0 Å². The molecule has 19 nitrogen and oxygen atoms in total. The Bertz CT molecular complexity index is 2110. The van der Waals surface area contributed by atoms with Crippen LogP contribution in [0.1, 0.15) is 51.4 Å². The summed E-state index contributed by atoms with van der Waals surface area (Å²) in [5, 5.41) is 19.8. The number of fused-ring (bicyclic) bond motifs is 1. The lowest BCUT2D eigenvalue weighted by molar-refractivity contribution is -0.137. The number of anilines is 1. The summed E-state index contributed by atoms with van der Waals surface area (Å²) in [6.45, 7) is 3.70. The van der Waals surface area contributed by atoms with Crippen LogP contribution in [-0.4, -0.2) is 127 Å². The zero-order valence-electron chi connectivity index (χ0n) is 32.5. The second-order valence-electron chi connectivity index (χ2n) is 13.5. The van der Waals surface area contributed by atoms with Crippen LogP contribution in [0.3, 0.4) is 0 Å². The van der Waals surface area contributed by atoms with Gasteiger partial charge in [-0.05, 0) is 49.6 Å². The highest BCUT2D eigenvalue weighted by atomic mass is 35.5. The SMILES string of the molecule is COc1ccc(-c2ocnc2C(=O)NCCCc2cn(CCOCCOCCOCCNC(=O)CNc3cccc4c3CN(C3CCC(=O)NC3=O)C4=O)nn2)cc1Cl. The van der Waals surface area contributed by atoms with E-state index in [4.69, 9.17) is 35.0 Å². The van der Waals surface area contributed by atoms with E-state index in [1.807, 2.05) is 6.20 Å². The fourth-order valence-corrected chi connectivity index (χ4v) is 6.75. The van der Waals surface area contributed by atoms with Crippen molar-refractivity contribution in [3.63, 3.8) is 0 Å². The third-order valence-corrected chi connectivity index (χ3v) is 9.77. The number of hydrogen-bond donors (Lipinski definition) is 4. The number of ether oxygens (including phenoxy) is 4. The van der Waals surface area contributed by atoms with Gasteiger partial charge in [0.1, 0.15) is 11.8 Å². The lowest BCUT2D eigenvalue weighted by Gasteiger charge is -2.29. The molecule has 1 atom stereocenters. The standard InChI is InChI=1S/C39H46ClN9O10/c1-55-32-9-7-25(20-29(32)40)36-35(44-24-59-36)38(53)42-11-3-4-26-22-48(47-46-26)13-15-57-17-19-58-18-16-56-14-12-41-34(51)21-43-30-6-2-5-27-28(30)23-49(39(27)54)31-8-10-33(50)45-37(31)52/h2,5-7,9,20,22,24,31,43H,3-4,8,10-19,21,23H2,1H3,(H,41,51)(H,42,53)(H,45,50,52). The van der Waals surface area contributed by atoms with Crippen LogP contribution in [0.25, 0.3) is 11.3 Å². The van der Waals surface area contributed by atoms with E-state index in [0.717, 1.165) is 5.69 Å². The van der Waals surface area contributed by atoms with Crippen molar-refractivity contribution in [1.29, 1.82) is 0 Å². The van der Waals surface area contributed by atoms with Crippen LogP contribution in [0, 0.1) is 0 Å². The molecule has 1 saturated heterocycles. The molecule has 0 saturated carbocycles. The van der Waals surface area contributed by atoms with Crippen molar-refractivity contribution in [3.8, 4) is 17.1 Å². The van der Waals surface area contributed by atoms with Gasteiger partial charge in [0.2, 0.25) is 17.7 Å². The smallest absolute Gasteiger partial charge is 0.273 e. The number of nitrogens with zero attached hydrogens (tertiary/aromatic N) is 5. The van der Waals surface area contributed by atoms with Gasteiger partial charge in [-0.1, -0.05) is 22.9 Å². The number of amides is 5. The molecule has 1 unspecified atom stereocenters. The fourth-order valence-electron chi connectivity index (χ4n) is 6.49. The zero-order valence-corrected chi connectivity index (χ0v) is 33.3. The predicted molar refractivity (Wildman–Crippen MR) is 211 cm³/mol. The lowest BCUT2D eigenvalue weighted by atomic mass is 10.0. The molecule has 20 heteroatoms. The summed E-state index contributed by atoms with van der Waals surface area (Å²) >= 11 is 6.23. The van der Waals surface area contributed by atoms with E-state index in [9.17, 15) is 24.0 Å². The predicted octanol–water partition coefficient (Wildman–Crippen LogP) is 2.00. The van der Waals surface area contributed by atoms with Crippen LogP contribution >= 0.6 is 11.6 Å². The van der Waals surface area contributed by atoms with Gasteiger partial charge in [-0.2, -0.15) is 0 Å². The second kappa shape index (κ2) is 21.2. The van der Waals surface area contributed by atoms with Crippen LogP contribution in [-0.2, 0) is 48.1 Å². The van der Waals surface area contributed by atoms with E-state index in [1.165, 1.54) is 18.4 Å². The quantitative estimate of drug-likeness (QED) is 0.0619. The first-order valence-electron chi connectivity index (χ1n) is 19.2. The second-order valence-corrected chi connectivity index (χ2v) is 13.9. The number of oxazole rings is 1. The third kappa shape index (κ3) is 11.6. The number of benzene rings is 2. The Morgan fingerprint density at radius 1 is 1.00 bits per heavy atom. The number of aryl methyl sites for hydroxylation is 1. The normalized spacial score (nSPS) is 14.9.